The Labute approximate surface area is 198 Å². The molecule has 1 N–H and O–H groups in total. The van der Waals surface area contributed by atoms with E-state index in [0.29, 0.717) is 29.5 Å². The highest BCUT2D eigenvalue weighted by Gasteiger charge is 2.32. The average molecular weight is 478 g/mol. The fourth-order valence-electron chi connectivity index (χ4n) is 4.56. The van der Waals surface area contributed by atoms with Gasteiger partial charge in [-0.1, -0.05) is 6.07 Å². The molecule has 3 aromatic heterocycles. The Hall–Kier alpha value is -4.01. The Morgan fingerprint density at radius 1 is 1.06 bits per heavy atom. The summed E-state index contributed by atoms with van der Waals surface area (Å²) in [6, 6.07) is 12.3. The number of carbonyl (C=O) groups excluding carboxylic acids is 1. The van der Waals surface area contributed by atoms with Gasteiger partial charge < -0.3 is 5.32 Å². The van der Waals surface area contributed by atoms with Crippen LogP contribution in [0.2, 0.25) is 0 Å². The van der Waals surface area contributed by atoms with E-state index in [1.807, 2.05) is 19.1 Å². The third kappa shape index (κ3) is 4.18. The molecule has 0 spiro atoms. The lowest BCUT2D eigenvalue weighted by Crippen LogP contribution is -2.27. The highest BCUT2D eigenvalue weighted by Crippen LogP contribution is 2.31. The third-order valence-electron chi connectivity index (χ3n) is 6.28. The molecule has 6 nitrogen and oxygen atoms in total. The van der Waals surface area contributed by atoms with Crippen LogP contribution < -0.4 is 10.9 Å². The first-order valence-corrected chi connectivity index (χ1v) is 11.2. The van der Waals surface area contributed by atoms with Crippen molar-refractivity contribution in [3.8, 4) is 5.69 Å². The maximum Gasteiger partial charge on any atom is 0.433 e. The predicted molar refractivity (Wildman–Crippen MR) is 124 cm³/mol. The Kier molecular flexibility index (Phi) is 5.62. The number of aryl methyl sites for hydroxylation is 1. The zero-order valence-electron chi connectivity index (χ0n) is 18.8. The number of pyridine rings is 3. The minimum atomic E-state index is -4.57. The molecule has 1 atom stereocenters. The van der Waals surface area contributed by atoms with Gasteiger partial charge in [0.25, 0.3) is 11.5 Å². The second-order valence-electron chi connectivity index (χ2n) is 8.53. The molecule has 0 unspecified atom stereocenters. The molecule has 3 heterocycles. The van der Waals surface area contributed by atoms with Crippen LogP contribution in [-0.4, -0.2) is 20.4 Å². The third-order valence-corrected chi connectivity index (χ3v) is 6.28. The fourth-order valence-corrected chi connectivity index (χ4v) is 4.56. The van der Waals surface area contributed by atoms with Gasteiger partial charge in [0.05, 0.1) is 29.1 Å². The molecular formula is C26H21F3N4O2. The van der Waals surface area contributed by atoms with Crippen molar-refractivity contribution < 1.29 is 18.0 Å². The molecule has 4 aromatic rings. The summed E-state index contributed by atoms with van der Waals surface area (Å²) in [5.74, 6) is -0.286. The van der Waals surface area contributed by atoms with Crippen molar-refractivity contribution in [2.75, 3.05) is 0 Å². The molecule has 0 saturated carbocycles. The van der Waals surface area contributed by atoms with Crippen molar-refractivity contribution in [2.45, 2.75) is 38.4 Å². The van der Waals surface area contributed by atoms with E-state index in [-0.39, 0.29) is 23.2 Å². The van der Waals surface area contributed by atoms with Crippen molar-refractivity contribution >= 4 is 16.8 Å². The van der Waals surface area contributed by atoms with Gasteiger partial charge in [-0.2, -0.15) is 13.2 Å². The molecule has 35 heavy (non-hydrogen) atoms. The second-order valence-corrected chi connectivity index (χ2v) is 8.53. The summed E-state index contributed by atoms with van der Waals surface area (Å²) in [6.07, 6.45) is 0.209. The van der Waals surface area contributed by atoms with Gasteiger partial charge >= 0.3 is 6.18 Å². The molecule has 1 aliphatic rings. The van der Waals surface area contributed by atoms with E-state index in [1.165, 1.54) is 10.6 Å². The molecule has 5 rings (SSSR count). The summed E-state index contributed by atoms with van der Waals surface area (Å²) in [6.45, 7) is 1.84. The van der Waals surface area contributed by atoms with E-state index in [1.54, 1.807) is 30.5 Å². The molecule has 1 aromatic carbocycles. The number of nitrogens with one attached hydrogen (secondary N) is 1. The number of carbonyl (C=O) groups is 1. The summed E-state index contributed by atoms with van der Waals surface area (Å²) in [5.41, 5.74) is 2.12. The Bertz CT molecular complexity index is 1480. The maximum atomic E-state index is 13.3. The molecule has 178 valence electrons. The van der Waals surface area contributed by atoms with Gasteiger partial charge in [0.15, 0.2) is 0 Å². The van der Waals surface area contributed by atoms with Gasteiger partial charge in [-0.25, -0.2) is 4.98 Å². The van der Waals surface area contributed by atoms with Crippen molar-refractivity contribution in [1.29, 1.82) is 0 Å². The molecule has 9 heteroatoms. The van der Waals surface area contributed by atoms with Crippen LogP contribution in [0.1, 0.15) is 52.3 Å². The van der Waals surface area contributed by atoms with E-state index in [0.717, 1.165) is 35.3 Å². The lowest BCUT2D eigenvalue weighted by Gasteiger charge is -2.17. The summed E-state index contributed by atoms with van der Waals surface area (Å²) < 4.78 is 40.3. The molecule has 0 saturated heterocycles. The van der Waals surface area contributed by atoms with E-state index in [2.05, 4.69) is 15.3 Å². The second kappa shape index (κ2) is 8.65. The Morgan fingerprint density at radius 3 is 2.54 bits per heavy atom. The first kappa shape index (κ1) is 22.8. The smallest absolute Gasteiger partial charge is 0.344 e. The molecule has 0 radical (unpaired) electrons. The number of benzene rings is 1. The summed E-state index contributed by atoms with van der Waals surface area (Å²) in [7, 11) is 0. The van der Waals surface area contributed by atoms with E-state index in [4.69, 9.17) is 0 Å². The maximum absolute atomic E-state index is 13.3. The fraction of sp³-hybridized carbons (Fsp3) is 0.231. The van der Waals surface area contributed by atoms with Gasteiger partial charge in [-0.3, -0.25) is 19.1 Å². The number of rotatable bonds is 4. The van der Waals surface area contributed by atoms with Crippen molar-refractivity contribution in [3.05, 3.63) is 99.4 Å². The number of nitrogens with zero attached hydrogens (tertiary/aromatic N) is 3. The molecule has 0 fully saturated rings. The number of hydrogen-bond donors (Lipinski definition) is 1. The van der Waals surface area contributed by atoms with E-state index >= 15 is 0 Å². The van der Waals surface area contributed by atoms with E-state index in [9.17, 15) is 22.8 Å². The van der Waals surface area contributed by atoms with Gasteiger partial charge in [0.2, 0.25) is 0 Å². The highest BCUT2D eigenvalue weighted by atomic mass is 19.4. The largest absolute Gasteiger partial charge is 0.433 e. The summed E-state index contributed by atoms with van der Waals surface area (Å²) in [5, 5.41) is 3.67. The van der Waals surface area contributed by atoms with Crippen molar-refractivity contribution in [3.63, 3.8) is 0 Å². The van der Waals surface area contributed by atoms with Crippen LogP contribution in [0.5, 0.6) is 0 Å². The molecule has 0 bridgehead atoms. The number of fused-ring (bicyclic) bond motifs is 3. The number of aromatic nitrogens is 3. The molecule has 1 amide bonds. The first-order chi connectivity index (χ1) is 16.7. The quantitative estimate of drug-likeness (QED) is 0.458. The van der Waals surface area contributed by atoms with E-state index < -0.39 is 11.9 Å². The lowest BCUT2D eigenvalue weighted by molar-refractivity contribution is -0.141. The summed E-state index contributed by atoms with van der Waals surface area (Å²) >= 11 is 0. The van der Waals surface area contributed by atoms with Crippen LogP contribution in [0.4, 0.5) is 13.2 Å². The van der Waals surface area contributed by atoms with Crippen LogP contribution in [-0.2, 0) is 19.0 Å². The molecular weight excluding hydrogens is 457 g/mol. The monoisotopic (exact) mass is 478 g/mol. The summed E-state index contributed by atoms with van der Waals surface area (Å²) in [4.78, 5) is 34.1. The number of halogens is 3. The standard InChI is InChI=1S/C26H21F3N4O2/c1-15(21-7-2-3-12-30-21)32-24(34)16-8-10-22-20(13-16)18-5-4-6-19(18)25(35)33(22)17-9-11-23(31-14-17)26(27,28)29/h2-3,7-15H,4-6H2,1H3,(H,32,34)/t15-/m0/s1. The SMILES string of the molecule is C[C@H](NC(=O)c1ccc2c(c1)c1c(c(=O)n2-c2ccc(C(F)(F)F)nc2)CCC1)c1ccccn1. The van der Waals surface area contributed by atoms with Gasteiger partial charge in [0, 0.05) is 22.7 Å². The van der Waals surface area contributed by atoms with Crippen LogP contribution in [0.3, 0.4) is 0 Å². The minimum absolute atomic E-state index is 0.240. The van der Waals surface area contributed by atoms with Crippen LogP contribution >= 0.6 is 0 Å². The Balaban J connectivity index is 1.58. The van der Waals surface area contributed by atoms with Crippen molar-refractivity contribution in [1.82, 2.24) is 19.9 Å². The molecule has 1 aliphatic carbocycles. The Morgan fingerprint density at radius 2 is 1.86 bits per heavy atom. The average Bonchev–Trinajstić information content (AvgIpc) is 3.35. The normalized spacial score (nSPS) is 14.1. The molecule has 0 aliphatic heterocycles. The van der Waals surface area contributed by atoms with Crippen LogP contribution in [0.25, 0.3) is 16.6 Å². The van der Waals surface area contributed by atoms with Gasteiger partial charge in [0.1, 0.15) is 5.69 Å². The zero-order chi connectivity index (χ0) is 24.7. The zero-order valence-corrected chi connectivity index (χ0v) is 18.8. The highest BCUT2D eigenvalue weighted by molar-refractivity contribution is 5.99. The predicted octanol–water partition coefficient (Wildman–Crippen LogP) is 4.78. The van der Waals surface area contributed by atoms with Crippen LogP contribution in [0.15, 0.2) is 65.7 Å². The van der Waals surface area contributed by atoms with Crippen LogP contribution in [0, 0.1) is 0 Å². The first-order valence-electron chi connectivity index (χ1n) is 11.2. The minimum Gasteiger partial charge on any atom is -0.344 e. The van der Waals surface area contributed by atoms with Gasteiger partial charge in [-0.05, 0) is 74.2 Å². The van der Waals surface area contributed by atoms with Crippen molar-refractivity contribution in [2.24, 2.45) is 0 Å². The number of amides is 1. The van der Waals surface area contributed by atoms with Gasteiger partial charge in [-0.15, -0.1) is 0 Å². The topological polar surface area (TPSA) is 76.9 Å². The number of hydrogen-bond acceptors (Lipinski definition) is 4. The lowest BCUT2D eigenvalue weighted by atomic mass is 10.0. The number of alkyl halides is 3.